The topological polar surface area (TPSA) is 111 Å². The van der Waals surface area contributed by atoms with Gasteiger partial charge in [0.25, 0.3) is 10.0 Å². The number of rotatable bonds is 5. The maximum atomic E-state index is 14.4. The Kier molecular flexibility index (Phi) is 7.53. The lowest BCUT2D eigenvalue weighted by Gasteiger charge is -2.38. The molecular formula is C31H34FN3O6S. The normalized spacial score (nSPS) is 15.5. The number of hydrogen-bond acceptors (Lipinski definition) is 7. The zero-order valence-corrected chi connectivity index (χ0v) is 25.0. The first kappa shape index (κ1) is 29.5. The number of nitrogens with zero attached hydrogens (tertiary/aromatic N) is 3. The standard InChI is InChI=1S/C31H34FN3O6S/c1-20-6-9-22(10-7-20)42(38,39)35-27(31(37)13-16-34(17-14-31)29(36)41-30(2,3)4)19-25-23(12-15-33-28(25)35)24-18-21(32)8-11-26(24)40-5/h6-12,15,18-19,37H,13-14,16-17H2,1-5H3. The third-order valence-electron chi connectivity index (χ3n) is 7.39. The maximum absolute atomic E-state index is 14.4. The largest absolute Gasteiger partial charge is 0.496 e. The number of piperidine rings is 1. The van der Waals surface area contributed by atoms with Crippen molar-refractivity contribution in [1.29, 1.82) is 0 Å². The average Bonchev–Trinajstić information content (AvgIpc) is 3.34. The summed E-state index contributed by atoms with van der Waals surface area (Å²) < 4.78 is 54.9. The van der Waals surface area contributed by atoms with E-state index in [4.69, 9.17) is 9.47 Å². The summed E-state index contributed by atoms with van der Waals surface area (Å²) in [6.07, 6.45) is 1.07. The van der Waals surface area contributed by atoms with E-state index in [9.17, 15) is 22.7 Å². The number of methoxy groups -OCH3 is 1. The molecule has 1 aliphatic heterocycles. The number of amides is 1. The van der Waals surface area contributed by atoms with Gasteiger partial charge in [-0.15, -0.1) is 0 Å². The van der Waals surface area contributed by atoms with Gasteiger partial charge in [-0.2, -0.15) is 0 Å². The quantitative estimate of drug-likeness (QED) is 0.319. The van der Waals surface area contributed by atoms with Crippen LogP contribution in [0.15, 0.2) is 65.7 Å². The monoisotopic (exact) mass is 595 g/mol. The van der Waals surface area contributed by atoms with Crippen molar-refractivity contribution in [3.05, 3.63) is 77.9 Å². The highest BCUT2D eigenvalue weighted by Crippen LogP contribution is 2.42. The molecular weight excluding hydrogens is 561 g/mol. The molecule has 42 heavy (non-hydrogen) atoms. The highest BCUT2D eigenvalue weighted by atomic mass is 32.2. The molecule has 1 N–H and O–H groups in total. The smallest absolute Gasteiger partial charge is 0.410 e. The minimum absolute atomic E-state index is 0.0252. The van der Waals surface area contributed by atoms with Gasteiger partial charge in [0.1, 0.15) is 22.8 Å². The minimum atomic E-state index is -4.25. The van der Waals surface area contributed by atoms with Crippen molar-refractivity contribution in [1.82, 2.24) is 13.9 Å². The fraction of sp³-hybridized carbons (Fsp3) is 0.355. The third-order valence-corrected chi connectivity index (χ3v) is 9.11. The van der Waals surface area contributed by atoms with Gasteiger partial charge in [-0.05, 0) is 88.6 Å². The summed E-state index contributed by atoms with van der Waals surface area (Å²) in [5, 5.41) is 12.4. The summed E-state index contributed by atoms with van der Waals surface area (Å²) in [6, 6.07) is 13.7. The molecule has 0 saturated carbocycles. The molecule has 0 bridgehead atoms. The number of carbonyl (C=O) groups excluding carboxylic acids is 1. The third kappa shape index (κ3) is 5.46. The van der Waals surface area contributed by atoms with Crippen LogP contribution < -0.4 is 4.74 Å². The molecule has 0 atom stereocenters. The number of aromatic nitrogens is 2. The number of carbonyl (C=O) groups is 1. The van der Waals surface area contributed by atoms with Gasteiger partial charge >= 0.3 is 6.09 Å². The minimum Gasteiger partial charge on any atom is -0.496 e. The molecule has 1 saturated heterocycles. The fourth-order valence-electron chi connectivity index (χ4n) is 5.23. The van der Waals surface area contributed by atoms with E-state index in [0.29, 0.717) is 22.3 Å². The zero-order valence-electron chi connectivity index (χ0n) is 24.2. The van der Waals surface area contributed by atoms with Crippen molar-refractivity contribution < 1.29 is 32.2 Å². The predicted octanol–water partition coefficient (Wildman–Crippen LogP) is 5.61. The molecule has 9 nitrogen and oxygen atoms in total. The van der Waals surface area contributed by atoms with Crippen molar-refractivity contribution in [2.24, 2.45) is 0 Å². The second-order valence-electron chi connectivity index (χ2n) is 11.6. The van der Waals surface area contributed by atoms with Gasteiger partial charge in [0, 0.05) is 30.2 Å². The van der Waals surface area contributed by atoms with Gasteiger partial charge in [0.15, 0.2) is 5.65 Å². The summed E-state index contributed by atoms with van der Waals surface area (Å²) in [5.74, 6) is -0.0974. The van der Waals surface area contributed by atoms with Crippen LogP contribution in [0, 0.1) is 12.7 Å². The zero-order chi connectivity index (χ0) is 30.4. The van der Waals surface area contributed by atoms with Gasteiger partial charge < -0.3 is 19.5 Å². The van der Waals surface area contributed by atoms with Crippen molar-refractivity contribution in [3.8, 4) is 16.9 Å². The van der Waals surface area contributed by atoms with Gasteiger partial charge in [-0.1, -0.05) is 17.7 Å². The summed E-state index contributed by atoms with van der Waals surface area (Å²) in [6.45, 7) is 7.48. The number of fused-ring (bicyclic) bond motifs is 1. The van der Waals surface area contributed by atoms with E-state index >= 15 is 0 Å². The number of aliphatic hydroxyl groups is 1. The van der Waals surface area contributed by atoms with E-state index in [-0.39, 0.29) is 42.2 Å². The lowest BCUT2D eigenvalue weighted by molar-refractivity contribution is -0.0384. The molecule has 0 aliphatic carbocycles. The molecule has 2 aromatic carbocycles. The van der Waals surface area contributed by atoms with Gasteiger partial charge in [-0.25, -0.2) is 26.6 Å². The van der Waals surface area contributed by atoms with E-state index in [1.54, 1.807) is 45.0 Å². The number of benzene rings is 2. The molecule has 3 heterocycles. The Morgan fingerprint density at radius 2 is 1.69 bits per heavy atom. The summed E-state index contributed by atoms with van der Waals surface area (Å²) in [5.41, 5.74) is -0.328. The van der Waals surface area contributed by atoms with Gasteiger partial charge in [0.2, 0.25) is 0 Å². The first-order chi connectivity index (χ1) is 19.7. The van der Waals surface area contributed by atoms with Crippen LogP contribution in [0.3, 0.4) is 0 Å². The van der Waals surface area contributed by atoms with Crippen molar-refractivity contribution >= 4 is 27.1 Å². The first-order valence-corrected chi connectivity index (χ1v) is 15.0. The Bertz CT molecular complexity index is 1750. The lowest BCUT2D eigenvalue weighted by Crippen LogP contribution is -2.47. The molecule has 1 aliphatic rings. The highest BCUT2D eigenvalue weighted by molar-refractivity contribution is 7.90. The highest BCUT2D eigenvalue weighted by Gasteiger charge is 2.42. The number of hydrogen-bond donors (Lipinski definition) is 1. The van der Waals surface area contributed by atoms with E-state index in [1.165, 1.54) is 48.5 Å². The number of ether oxygens (including phenoxy) is 2. The van der Waals surface area contributed by atoms with Crippen LogP contribution in [0.25, 0.3) is 22.2 Å². The van der Waals surface area contributed by atoms with Crippen LogP contribution in [0.5, 0.6) is 5.75 Å². The molecule has 1 fully saturated rings. The number of pyridine rings is 1. The van der Waals surface area contributed by atoms with Gasteiger partial charge in [-0.3, -0.25) is 0 Å². The van der Waals surface area contributed by atoms with E-state index in [1.807, 2.05) is 6.92 Å². The van der Waals surface area contributed by atoms with E-state index < -0.39 is 33.1 Å². The average molecular weight is 596 g/mol. The Morgan fingerprint density at radius 3 is 2.31 bits per heavy atom. The van der Waals surface area contributed by atoms with Crippen LogP contribution in [0.2, 0.25) is 0 Å². The SMILES string of the molecule is COc1ccc(F)cc1-c1ccnc2c1cc(C1(O)CCN(C(=O)OC(C)(C)C)CC1)n2S(=O)(=O)c1ccc(C)cc1. The molecule has 11 heteroatoms. The molecule has 222 valence electrons. The van der Waals surface area contributed by atoms with E-state index in [0.717, 1.165) is 9.54 Å². The summed E-state index contributed by atoms with van der Waals surface area (Å²) >= 11 is 0. The molecule has 0 spiro atoms. The van der Waals surface area contributed by atoms with Crippen molar-refractivity contribution in [2.75, 3.05) is 20.2 Å². The fourth-order valence-corrected chi connectivity index (χ4v) is 6.77. The second-order valence-corrected chi connectivity index (χ2v) is 13.3. The molecule has 2 aromatic heterocycles. The van der Waals surface area contributed by atoms with Crippen molar-refractivity contribution in [3.63, 3.8) is 0 Å². The van der Waals surface area contributed by atoms with E-state index in [2.05, 4.69) is 4.98 Å². The lowest BCUT2D eigenvalue weighted by atomic mass is 9.88. The summed E-state index contributed by atoms with van der Waals surface area (Å²) in [7, 11) is -2.78. The molecule has 1 amide bonds. The second kappa shape index (κ2) is 10.7. The maximum Gasteiger partial charge on any atom is 0.410 e. The number of likely N-dealkylation sites (tertiary alicyclic amines) is 1. The van der Waals surface area contributed by atoms with Crippen LogP contribution in [-0.4, -0.2) is 59.3 Å². The number of halogens is 1. The first-order valence-electron chi connectivity index (χ1n) is 13.6. The molecule has 0 unspecified atom stereocenters. The van der Waals surface area contributed by atoms with Crippen LogP contribution in [-0.2, 0) is 20.4 Å². The van der Waals surface area contributed by atoms with Crippen LogP contribution >= 0.6 is 0 Å². The van der Waals surface area contributed by atoms with Crippen LogP contribution in [0.4, 0.5) is 9.18 Å². The number of aryl methyl sites for hydroxylation is 1. The Hall–Kier alpha value is -3.96. The Morgan fingerprint density at radius 1 is 1.02 bits per heavy atom. The van der Waals surface area contributed by atoms with Gasteiger partial charge in [0.05, 0.1) is 17.7 Å². The predicted molar refractivity (Wildman–Crippen MR) is 156 cm³/mol. The Balaban J connectivity index is 1.69. The molecule has 4 aromatic rings. The van der Waals surface area contributed by atoms with Crippen LogP contribution in [0.1, 0.15) is 44.9 Å². The Labute approximate surface area is 244 Å². The molecule has 0 radical (unpaired) electrons. The molecule has 5 rings (SSSR count). The summed E-state index contributed by atoms with van der Waals surface area (Å²) in [4.78, 5) is 18.7. The van der Waals surface area contributed by atoms with Crippen molar-refractivity contribution in [2.45, 2.75) is 56.6 Å².